The summed E-state index contributed by atoms with van der Waals surface area (Å²) >= 11 is 0. The third-order valence-electron chi connectivity index (χ3n) is 3.89. The number of pyridine rings is 1. The number of aromatic nitrogens is 1. The zero-order chi connectivity index (χ0) is 15.5. The van der Waals surface area contributed by atoms with Gasteiger partial charge in [0.25, 0.3) is 0 Å². The maximum absolute atomic E-state index is 11.9. The summed E-state index contributed by atoms with van der Waals surface area (Å²) in [6.45, 7) is 2.95. The molecule has 1 saturated heterocycles. The number of aliphatic hydroxyl groups is 1. The average Bonchev–Trinajstić information content (AvgIpc) is 2.47. The van der Waals surface area contributed by atoms with Crippen molar-refractivity contribution in [3.8, 4) is 0 Å². The van der Waals surface area contributed by atoms with E-state index in [1.807, 2.05) is 23.1 Å². The molecule has 1 aromatic rings. The van der Waals surface area contributed by atoms with Crippen LogP contribution in [0.4, 0.5) is 5.82 Å². The lowest BCUT2D eigenvalue weighted by atomic mass is 9.93. The fraction of sp³-hybridized carbons (Fsp3) is 0.643. The van der Waals surface area contributed by atoms with E-state index in [1.54, 1.807) is 13.1 Å². The monoisotopic (exact) mass is 313 g/mol. The first kappa shape index (κ1) is 16.2. The fourth-order valence-electron chi connectivity index (χ4n) is 2.71. The number of nitrogens with zero attached hydrogens (tertiary/aromatic N) is 3. The van der Waals surface area contributed by atoms with Gasteiger partial charge in [-0.05, 0) is 31.9 Å². The van der Waals surface area contributed by atoms with Crippen molar-refractivity contribution >= 4 is 15.8 Å². The Bertz CT molecular complexity index is 564. The van der Waals surface area contributed by atoms with E-state index in [4.69, 9.17) is 0 Å². The van der Waals surface area contributed by atoms with Crippen LogP contribution in [-0.4, -0.2) is 60.8 Å². The lowest BCUT2D eigenvalue weighted by Gasteiger charge is -2.41. The Hall–Kier alpha value is -1.18. The van der Waals surface area contributed by atoms with E-state index in [2.05, 4.69) is 4.98 Å². The highest BCUT2D eigenvalue weighted by molar-refractivity contribution is 7.89. The van der Waals surface area contributed by atoms with E-state index >= 15 is 0 Å². The van der Waals surface area contributed by atoms with Gasteiger partial charge in [0.1, 0.15) is 5.82 Å². The predicted octanol–water partition coefficient (Wildman–Crippen LogP) is 0.694. The summed E-state index contributed by atoms with van der Waals surface area (Å²) in [4.78, 5) is 6.30. The molecular formula is C14H23N3O3S. The number of β-amino-alcohol motifs (C(OH)–C–C–N with tert-alkyl or cyclic N) is 1. The molecule has 0 aromatic carbocycles. The van der Waals surface area contributed by atoms with Gasteiger partial charge in [0.05, 0.1) is 11.4 Å². The molecule has 0 bridgehead atoms. The molecule has 6 nitrogen and oxygen atoms in total. The number of hydrogen-bond donors (Lipinski definition) is 1. The predicted molar refractivity (Wildman–Crippen MR) is 82.7 cm³/mol. The molecule has 0 saturated carbocycles. The van der Waals surface area contributed by atoms with Gasteiger partial charge in [-0.15, -0.1) is 0 Å². The van der Waals surface area contributed by atoms with E-state index in [0.717, 1.165) is 18.8 Å². The van der Waals surface area contributed by atoms with Gasteiger partial charge in [0.15, 0.2) is 0 Å². The molecule has 1 aromatic heterocycles. The molecule has 2 rings (SSSR count). The van der Waals surface area contributed by atoms with Crippen LogP contribution in [0.1, 0.15) is 19.8 Å². The van der Waals surface area contributed by atoms with Gasteiger partial charge in [-0.1, -0.05) is 6.07 Å². The van der Waals surface area contributed by atoms with Crippen LogP contribution in [0.25, 0.3) is 0 Å². The molecule has 7 heteroatoms. The molecule has 0 spiro atoms. The number of anilines is 1. The summed E-state index contributed by atoms with van der Waals surface area (Å²) in [5.41, 5.74) is -1.03. The molecule has 1 fully saturated rings. The first-order chi connectivity index (χ1) is 9.86. The molecule has 1 atom stereocenters. The van der Waals surface area contributed by atoms with Gasteiger partial charge >= 0.3 is 0 Å². The van der Waals surface area contributed by atoms with Crippen LogP contribution in [0, 0.1) is 0 Å². The van der Waals surface area contributed by atoms with Gasteiger partial charge in [-0.25, -0.2) is 17.7 Å². The summed E-state index contributed by atoms with van der Waals surface area (Å²) in [6, 6.07) is 5.66. The molecule has 118 valence electrons. The molecule has 21 heavy (non-hydrogen) atoms. The first-order valence-electron chi connectivity index (χ1n) is 7.19. The van der Waals surface area contributed by atoms with Crippen LogP contribution in [0.3, 0.4) is 0 Å². The quantitative estimate of drug-likeness (QED) is 0.866. The SMILES string of the molecule is CCS(=O)(=O)N(C)C[C@]1(O)CCCN(c2ccccn2)C1. The lowest BCUT2D eigenvalue weighted by Crippen LogP contribution is -2.55. The van der Waals surface area contributed by atoms with Crippen LogP contribution < -0.4 is 4.90 Å². The average molecular weight is 313 g/mol. The zero-order valence-corrected chi connectivity index (χ0v) is 13.4. The topological polar surface area (TPSA) is 73.7 Å². The van der Waals surface area contributed by atoms with Crippen LogP contribution in [0.15, 0.2) is 24.4 Å². The maximum Gasteiger partial charge on any atom is 0.213 e. The van der Waals surface area contributed by atoms with Crippen molar-refractivity contribution in [1.82, 2.24) is 9.29 Å². The van der Waals surface area contributed by atoms with Crippen molar-refractivity contribution in [3.05, 3.63) is 24.4 Å². The van der Waals surface area contributed by atoms with Crippen LogP contribution in [0.5, 0.6) is 0 Å². The summed E-state index contributed by atoms with van der Waals surface area (Å²) in [5, 5.41) is 10.8. The normalized spacial score (nSPS) is 23.5. The maximum atomic E-state index is 11.9. The van der Waals surface area contributed by atoms with Crippen molar-refractivity contribution < 1.29 is 13.5 Å². The minimum atomic E-state index is -3.28. The molecule has 0 radical (unpaired) electrons. The molecular weight excluding hydrogens is 290 g/mol. The number of sulfonamides is 1. The highest BCUT2D eigenvalue weighted by atomic mass is 32.2. The highest BCUT2D eigenvalue weighted by Crippen LogP contribution is 2.26. The number of hydrogen-bond acceptors (Lipinski definition) is 5. The number of piperidine rings is 1. The third kappa shape index (κ3) is 3.93. The van der Waals surface area contributed by atoms with Crippen molar-refractivity contribution in [3.63, 3.8) is 0 Å². The van der Waals surface area contributed by atoms with Gasteiger partial charge in [0.2, 0.25) is 10.0 Å². The van der Waals surface area contributed by atoms with Crippen molar-refractivity contribution in [2.75, 3.05) is 37.3 Å². The van der Waals surface area contributed by atoms with E-state index < -0.39 is 15.6 Å². The third-order valence-corrected chi connectivity index (χ3v) is 5.69. The second kappa shape index (κ2) is 6.29. The summed E-state index contributed by atoms with van der Waals surface area (Å²) in [6.07, 6.45) is 3.13. The zero-order valence-electron chi connectivity index (χ0n) is 12.6. The minimum Gasteiger partial charge on any atom is -0.387 e. The molecule has 1 aliphatic heterocycles. The van der Waals surface area contributed by atoms with Crippen LogP contribution >= 0.6 is 0 Å². The second-order valence-electron chi connectivity index (χ2n) is 5.59. The van der Waals surface area contributed by atoms with E-state index in [1.165, 1.54) is 11.4 Å². The largest absolute Gasteiger partial charge is 0.387 e. The fourth-order valence-corrected chi connectivity index (χ4v) is 3.59. The van der Waals surface area contributed by atoms with E-state index in [-0.39, 0.29) is 12.3 Å². The molecule has 2 heterocycles. The molecule has 0 aliphatic carbocycles. The molecule has 0 unspecified atom stereocenters. The Kier molecular flexibility index (Phi) is 4.85. The van der Waals surface area contributed by atoms with E-state index in [0.29, 0.717) is 13.0 Å². The van der Waals surface area contributed by atoms with Crippen molar-refractivity contribution in [2.45, 2.75) is 25.4 Å². The van der Waals surface area contributed by atoms with Crippen LogP contribution in [-0.2, 0) is 10.0 Å². The molecule has 1 N–H and O–H groups in total. The Morgan fingerprint density at radius 3 is 2.86 bits per heavy atom. The van der Waals surface area contributed by atoms with Crippen molar-refractivity contribution in [2.24, 2.45) is 0 Å². The summed E-state index contributed by atoms with van der Waals surface area (Å²) < 4.78 is 25.0. The standard InChI is InChI=1S/C14H23N3O3S/c1-3-21(19,20)16(2)11-14(18)8-6-10-17(12-14)13-7-4-5-9-15-13/h4-5,7,9,18H,3,6,8,10-12H2,1-2H3/t14-/m1/s1. The first-order valence-corrected chi connectivity index (χ1v) is 8.80. The number of likely N-dealkylation sites (N-methyl/N-ethyl adjacent to an activating group) is 1. The summed E-state index contributed by atoms with van der Waals surface area (Å²) in [7, 11) is -1.75. The van der Waals surface area contributed by atoms with Gasteiger partial charge in [-0.3, -0.25) is 0 Å². The Balaban J connectivity index is 2.09. The highest BCUT2D eigenvalue weighted by Gasteiger charge is 2.36. The Morgan fingerprint density at radius 1 is 1.48 bits per heavy atom. The second-order valence-corrected chi connectivity index (χ2v) is 7.96. The smallest absolute Gasteiger partial charge is 0.213 e. The Labute approximate surface area is 126 Å². The van der Waals surface area contributed by atoms with Gasteiger partial charge in [-0.2, -0.15) is 0 Å². The summed E-state index contributed by atoms with van der Waals surface area (Å²) in [5.74, 6) is 0.861. The number of rotatable bonds is 5. The van der Waals surface area contributed by atoms with Gasteiger partial charge < -0.3 is 10.0 Å². The van der Waals surface area contributed by atoms with Crippen molar-refractivity contribution in [1.29, 1.82) is 0 Å². The van der Waals surface area contributed by atoms with Crippen LogP contribution in [0.2, 0.25) is 0 Å². The molecule has 1 aliphatic rings. The van der Waals surface area contributed by atoms with E-state index in [9.17, 15) is 13.5 Å². The lowest BCUT2D eigenvalue weighted by molar-refractivity contribution is 0.0132. The minimum absolute atomic E-state index is 0.0452. The Morgan fingerprint density at radius 2 is 2.24 bits per heavy atom. The van der Waals surface area contributed by atoms with Gasteiger partial charge in [0, 0.05) is 32.9 Å². The molecule has 0 amide bonds.